The molecule has 1 saturated heterocycles. The fourth-order valence-corrected chi connectivity index (χ4v) is 4.60. The second-order valence-corrected chi connectivity index (χ2v) is 9.86. The molecule has 0 radical (unpaired) electrons. The van der Waals surface area contributed by atoms with Gasteiger partial charge in [0.2, 0.25) is 0 Å². The maximum absolute atomic E-state index is 13.2. The predicted molar refractivity (Wildman–Crippen MR) is 145 cm³/mol. The highest BCUT2D eigenvalue weighted by atomic mass is 16.5. The number of hydrogen-bond acceptors (Lipinski definition) is 5. The van der Waals surface area contributed by atoms with E-state index in [2.05, 4.69) is 6.07 Å². The Labute approximate surface area is 218 Å². The van der Waals surface area contributed by atoms with Gasteiger partial charge in [-0.05, 0) is 76.3 Å². The van der Waals surface area contributed by atoms with Crippen molar-refractivity contribution in [3.05, 3.63) is 106 Å². The van der Waals surface area contributed by atoms with Crippen molar-refractivity contribution in [1.29, 1.82) is 0 Å². The van der Waals surface area contributed by atoms with E-state index in [-0.39, 0.29) is 11.3 Å². The van der Waals surface area contributed by atoms with Crippen LogP contribution < -0.4 is 4.74 Å². The molecule has 1 aliphatic rings. The molecule has 37 heavy (non-hydrogen) atoms. The molecule has 192 valence electrons. The number of benzene rings is 3. The largest absolute Gasteiger partial charge is 0.507 e. The summed E-state index contributed by atoms with van der Waals surface area (Å²) in [5, 5.41) is 11.3. The number of rotatable bonds is 9. The average molecular weight is 499 g/mol. The molecule has 1 amide bonds. The SMILES string of the molecule is Cc1ccc(C2/C(=C(\O)c3ccc(OCc4cccc(C)c4)cc3)C(=O)C(=O)N2CCCN(C)C)cc1. The summed E-state index contributed by atoms with van der Waals surface area (Å²) in [7, 11) is 3.94. The molecule has 3 aromatic carbocycles. The number of hydrogen-bond donors (Lipinski definition) is 1. The zero-order valence-corrected chi connectivity index (χ0v) is 21.9. The maximum Gasteiger partial charge on any atom is 0.295 e. The highest BCUT2D eigenvalue weighted by molar-refractivity contribution is 6.46. The number of aliphatic hydroxyl groups excluding tert-OH is 1. The molecule has 1 unspecified atom stereocenters. The fraction of sp³-hybridized carbons (Fsp3) is 0.290. The van der Waals surface area contributed by atoms with Crippen LogP contribution in [0.4, 0.5) is 0 Å². The quantitative estimate of drug-likeness (QED) is 0.248. The van der Waals surface area contributed by atoms with Crippen LogP contribution in [0.5, 0.6) is 5.75 Å². The van der Waals surface area contributed by atoms with E-state index in [9.17, 15) is 14.7 Å². The predicted octanol–water partition coefficient (Wildman–Crippen LogP) is 5.26. The molecule has 1 fully saturated rings. The summed E-state index contributed by atoms with van der Waals surface area (Å²) in [5.41, 5.74) is 4.70. The number of ether oxygens (including phenoxy) is 1. The van der Waals surface area contributed by atoms with Crippen LogP contribution in [-0.2, 0) is 16.2 Å². The first-order valence-corrected chi connectivity index (χ1v) is 12.5. The molecule has 6 nitrogen and oxygen atoms in total. The van der Waals surface area contributed by atoms with E-state index in [0.29, 0.717) is 24.5 Å². The highest BCUT2D eigenvalue weighted by Crippen LogP contribution is 2.39. The lowest BCUT2D eigenvalue weighted by Crippen LogP contribution is -2.32. The zero-order valence-electron chi connectivity index (χ0n) is 21.9. The van der Waals surface area contributed by atoms with Gasteiger partial charge < -0.3 is 19.6 Å². The van der Waals surface area contributed by atoms with Gasteiger partial charge in [0, 0.05) is 12.1 Å². The third-order valence-corrected chi connectivity index (χ3v) is 6.55. The van der Waals surface area contributed by atoms with E-state index in [4.69, 9.17) is 4.74 Å². The number of ketones is 1. The second kappa shape index (κ2) is 11.4. The summed E-state index contributed by atoms with van der Waals surface area (Å²) in [6.45, 7) is 5.66. The number of aliphatic hydroxyl groups is 1. The van der Waals surface area contributed by atoms with Gasteiger partial charge in [-0.3, -0.25) is 9.59 Å². The lowest BCUT2D eigenvalue weighted by Gasteiger charge is -2.26. The van der Waals surface area contributed by atoms with Gasteiger partial charge in [-0.2, -0.15) is 0 Å². The van der Waals surface area contributed by atoms with Crippen LogP contribution in [-0.4, -0.2) is 53.8 Å². The minimum Gasteiger partial charge on any atom is -0.507 e. The van der Waals surface area contributed by atoms with Crippen molar-refractivity contribution in [2.75, 3.05) is 27.2 Å². The van der Waals surface area contributed by atoms with Gasteiger partial charge >= 0.3 is 0 Å². The van der Waals surface area contributed by atoms with E-state index < -0.39 is 17.7 Å². The Morgan fingerprint density at radius 2 is 1.65 bits per heavy atom. The molecule has 4 rings (SSSR count). The van der Waals surface area contributed by atoms with Crippen molar-refractivity contribution >= 4 is 17.4 Å². The van der Waals surface area contributed by atoms with Crippen LogP contribution in [0.25, 0.3) is 5.76 Å². The monoisotopic (exact) mass is 498 g/mol. The summed E-state index contributed by atoms with van der Waals surface area (Å²) in [6, 6.07) is 22.2. The number of carbonyl (C=O) groups excluding carboxylic acids is 2. The summed E-state index contributed by atoms with van der Waals surface area (Å²) in [6.07, 6.45) is 0.718. The van der Waals surface area contributed by atoms with E-state index in [0.717, 1.165) is 29.7 Å². The van der Waals surface area contributed by atoms with Gasteiger partial charge in [-0.15, -0.1) is 0 Å². The van der Waals surface area contributed by atoms with Gasteiger partial charge in [-0.1, -0.05) is 59.7 Å². The Balaban J connectivity index is 1.62. The Kier molecular flexibility index (Phi) is 8.09. The minimum atomic E-state index is -0.660. The molecule has 0 saturated carbocycles. The van der Waals surface area contributed by atoms with Crippen molar-refractivity contribution < 1.29 is 19.4 Å². The number of aryl methyl sites for hydroxylation is 2. The number of amides is 1. The average Bonchev–Trinajstić information content (AvgIpc) is 3.13. The molecule has 1 heterocycles. The zero-order chi connectivity index (χ0) is 26.5. The third-order valence-electron chi connectivity index (χ3n) is 6.55. The summed E-state index contributed by atoms with van der Waals surface area (Å²) in [5.74, 6) is -0.766. The number of carbonyl (C=O) groups is 2. The van der Waals surface area contributed by atoms with Crippen LogP contribution >= 0.6 is 0 Å². The van der Waals surface area contributed by atoms with Crippen molar-refractivity contribution in [3.63, 3.8) is 0 Å². The van der Waals surface area contributed by atoms with E-state index in [1.165, 1.54) is 5.56 Å². The Morgan fingerprint density at radius 1 is 0.946 bits per heavy atom. The van der Waals surface area contributed by atoms with Gasteiger partial charge in [-0.25, -0.2) is 0 Å². The summed E-state index contributed by atoms with van der Waals surface area (Å²) < 4.78 is 5.90. The smallest absolute Gasteiger partial charge is 0.295 e. The first kappa shape index (κ1) is 26.2. The minimum absolute atomic E-state index is 0.118. The molecule has 1 N–H and O–H groups in total. The van der Waals surface area contributed by atoms with Crippen molar-refractivity contribution in [2.24, 2.45) is 0 Å². The van der Waals surface area contributed by atoms with Crippen LogP contribution in [0.15, 0.2) is 78.4 Å². The summed E-state index contributed by atoms with van der Waals surface area (Å²) in [4.78, 5) is 29.9. The number of likely N-dealkylation sites (tertiary alicyclic amines) is 1. The van der Waals surface area contributed by atoms with Crippen LogP contribution in [0.2, 0.25) is 0 Å². The van der Waals surface area contributed by atoms with Crippen molar-refractivity contribution in [1.82, 2.24) is 9.80 Å². The van der Waals surface area contributed by atoms with Gasteiger partial charge in [0.1, 0.15) is 18.1 Å². The van der Waals surface area contributed by atoms with Gasteiger partial charge in [0.25, 0.3) is 11.7 Å². The third kappa shape index (κ3) is 6.09. The van der Waals surface area contributed by atoms with Gasteiger partial charge in [0.15, 0.2) is 0 Å². The first-order chi connectivity index (χ1) is 17.7. The molecule has 0 spiro atoms. The molecule has 0 bridgehead atoms. The molecule has 3 aromatic rings. The molecule has 1 aliphatic heterocycles. The van der Waals surface area contributed by atoms with Crippen molar-refractivity contribution in [3.8, 4) is 5.75 Å². The Bertz CT molecular complexity index is 1290. The standard InChI is InChI=1S/C31H34N2O4/c1-21-9-11-24(12-10-21)28-27(30(35)31(36)33(28)18-6-17-32(3)4)29(34)25-13-15-26(16-14-25)37-20-23-8-5-7-22(2)19-23/h5,7-16,19,28,34H,6,17-18,20H2,1-4H3/b29-27+. The molecular formula is C31H34N2O4. The van der Waals surface area contributed by atoms with Crippen LogP contribution in [0.1, 0.15) is 40.3 Å². The maximum atomic E-state index is 13.2. The first-order valence-electron chi connectivity index (χ1n) is 12.5. The Morgan fingerprint density at radius 3 is 2.30 bits per heavy atom. The highest BCUT2D eigenvalue weighted by Gasteiger charge is 2.45. The molecule has 6 heteroatoms. The molecule has 0 aliphatic carbocycles. The van der Waals surface area contributed by atoms with E-state index >= 15 is 0 Å². The fourth-order valence-electron chi connectivity index (χ4n) is 4.60. The van der Waals surface area contributed by atoms with Crippen molar-refractivity contribution in [2.45, 2.75) is 32.9 Å². The van der Waals surface area contributed by atoms with Crippen LogP contribution in [0, 0.1) is 13.8 Å². The second-order valence-electron chi connectivity index (χ2n) is 9.86. The van der Waals surface area contributed by atoms with E-state index in [1.54, 1.807) is 29.2 Å². The van der Waals surface area contributed by atoms with Gasteiger partial charge in [0.05, 0.1) is 11.6 Å². The molecule has 0 aromatic heterocycles. The lowest BCUT2D eigenvalue weighted by molar-refractivity contribution is -0.139. The molecular weight excluding hydrogens is 464 g/mol. The Hall–Kier alpha value is -3.90. The topological polar surface area (TPSA) is 70.1 Å². The van der Waals surface area contributed by atoms with E-state index in [1.807, 2.05) is 75.3 Å². The number of nitrogens with zero attached hydrogens (tertiary/aromatic N) is 2. The molecule has 1 atom stereocenters. The summed E-state index contributed by atoms with van der Waals surface area (Å²) >= 11 is 0. The normalized spacial score (nSPS) is 17.0. The lowest BCUT2D eigenvalue weighted by atomic mass is 9.94. The van der Waals surface area contributed by atoms with Crippen LogP contribution in [0.3, 0.4) is 0 Å². The number of Topliss-reactive ketones (excluding diaryl/α,β-unsaturated/α-hetero) is 1.